The molecule has 0 aromatic carbocycles. The van der Waals surface area contributed by atoms with E-state index in [4.69, 9.17) is 4.74 Å². The molecule has 1 saturated heterocycles. The molecule has 0 N–H and O–H groups in total. The van der Waals surface area contributed by atoms with Crippen LogP contribution in [0.5, 0.6) is 0 Å². The molecule has 18 heavy (non-hydrogen) atoms. The Labute approximate surface area is 110 Å². The Bertz CT molecular complexity index is 360. The fourth-order valence-electron chi connectivity index (χ4n) is 4.57. The highest BCUT2D eigenvalue weighted by atomic mass is 16.5. The highest BCUT2D eigenvalue weighted by molar-refractivity contribution is 5.74. The Balaban J connectivity index is 1.91. The summed E-state index contributed by atoms with van der Waals surface area (Å²) in [6, 6.07) is 0. The maximum absolute atomic E-state index is 12.3. The topological polar surface area (TPSA) is 26.3 Å². The molecule has 3 aliphatic rings. The van der Waals surface area contributed by atoms with Gasteiger partial charge in [0.1, 0.15) is 0 Å². The summed E-state index contributed by atoms with van der Waals surface area (Å²) in [4.78, 5) is 12.3. The van der Waals surface area contributed by atoms with Crippen LogP contribution in [0.15, 0.2) is 12.2 Å². The molecule has 0 spiro atoms. The number of carbonyl (C=O) groups is 1. The van der Waals surface area contributed by atoms with Crippen LogP contribution in [0.4, 0.5) is 0 Å². The minimum Gasteiger partial charge on any atom is -0.465 e. The summed E-state index contributed by atoms with van der Waals surface area (Å²) in [5, 5.41) is 0. The van der Waals surface area contributed by atoms with Gasteiger partial charge in [-0.05, 0) is 55.3 Å². The number of esters is 1. The number of hydrogen-bond acceptors (Lipinski definition) is 2. The van der Waals surface area contributed by atoms with Gasteiger partial charge in [-0.1, -0.05) is 26.0 Å². The lowest BCUT2D eigenvalue weighted by Crippen LogP contribution is -2.42. The van der Waals surface area contributed by atoms with Gasteiger partial charge in [-0.3, -0.25) is 4.79 Å². The number of rotatable bonds is 0. The van der Waals surface area contributed by atoms with Crippen molar-refractivity contribution in [2.24, 2.45) is 35.5 Å². The first-order chi connectivity index (χ1) is 8.66. The molecular formula is C16H24O2. The van der Waals surface area contributed by atoms with Crippen molar-refractivity contribution in [1.82, 2.24) is 0 Å². The van der Waals surface area contributed by atoms with E-state index in [-0.39, 0.29) is 11.9 Å². The molecule has 100 valence electrons. The average molecular weight is 248 g/mol. The molecule has 0 unspecified atom stereocenters. The number of carbonyl (C=O) groups excluding carboxylic acids is 1. The number of hydrogen-bond donors (Lipinski definition) is 0. The lowest BCUT2D eigenvalue weighted by atomic mass is 9.59. The monoisotopic (exact) mass is 248 g/mol. The average Bonchev–Trinajstić information content (AvgIpc) is 2.51. The first-order valence-corrected chi connectivity index (χ1v) is 7.51. The Morgan fingerprint density at radius 3 is 2.89 bits per heavy atom. The number of allylic oxidation sites excluding steroid dienone is 2. The molecular weight excluding hydrogens is 224 g/mol. The van der Waals surface area contributed by atoms with Gasteiger partial charge in [0.05, 0.1) is 12.5 Å². The molecule has 2 nitrogen and oxygen atoms in total. The van der Waals surface area contributed by atoms with Crippen molar-refractivity contribution in [1.29, 1.82) is 0 Å². The Kier molecular flexibility index (Phi) is 3.21. The van der Waals surface area contributed by atoms with Crippen LogP contribution in [-0.4, -0.2) is 12.6 Å². The minimum absolute atomic E-state index is 0.0816. The van der Waals surface area contributed by atoms with Gasteiger partial charge >= 0.3 is 5.97 Å². The minimum atomic E-state index is 0.0816. The summed E-state index contributed by atoms with van der Waals surface area (Å²) in [6.45, 7) is 5.31. The van der Waals surface area contributed by atoms with Crippen molar-refractivity contribution < 1.29 is 9.53 Å². The van der Waals surface area contributed by atoms with Gasteiger partial charge in [-0.15, -0.1) is 0 Å². The highest BCUT2D eigenvalue weighted by Gasteiger charge is 2.46. The number of fused-ring (bicyclic) bond motifs is 3. The third-order valence-corrected chi connectivity index (χ3v) is 5.30. The van der Waals surface area contributed by atoms with Crippen LogP contribution >= 0.6 is 0 Å². The van der Waals surface area contributed by atoms with Crippen molar-refractivity contribution in [2.75, 3.05) is 6.61 Å². The predicted molar refractivity (Wildman–Crippen MR) is 70.9 cm³/mol. The standard InChI is InChI=1S/C16H24O2/c1-10-8-11(2)13-6-5-12-4-3-7-18-16(17)15(12)14(13)9-10/h5-6,10-15H,3-4,7-9H2,1-2H3/t10-,11-,12+,13+,14+,15+/m1/s1. The van der Waals surface area contributed by atoms with Crippen LogP contribution in [-0.2, 0) is 9.53 Å². The number of ether oxygens (including phenoxy) is 1. The second-order valence-corrected chi connectivity index (χ2v) is 6.68. The third-order valence-electron chi connectivity index (χ3n) is 5.30. The molecule has 1 heterocycles. The van der Waals surface area contributed by atoms with E-state index in [0.29, 0.717) is 30.3 Å². The van der Waals surface area contributed by atoms with Crippen LogP contribution in [0.3, 0.4) is 0 Å². The molecule has 3 rings (SSSR count). The molecule has 0 aromatic heterocycles. The molecule has 6 atom stereocenters. The van der Waals surface area contributed by atoms with E-state index in [1.807, 2.05) is 0 Å². The predicted octanol–water partition coefficient (Wildman–Crippen LogP) is 3.42. The van der Waals surface area contributed by atoms with Crippen LogP contribution < -0.4 is 0 Å². The van der Waals surface area contributed by atoms with Gasteiger partial charge in [0, 0.05) is 0 Å². The zero-order valence-corrected chi connectivity index (χ0v) is 11.5. The third kappa shape index (κ3) is 2.00. The summed E-state index contributed by atoms with van der Waals surface area (Å²) in [6.07, 6.45) is 9.40. The summed E-state index contributed by atoms with van der Waals surface area (Å²) >= 11 is 0. The normalized spacial score (nSPS) is 47.8. The molecule has 2 aliphatic carbocycles. The zero-order valence-electron chi connectivity index (χ0n) is 11.5. The number of cyclic esters (lactones) is 1. The van der Waals surface area contributed by atoms with Gasteiger partial charge < -0.3 is 4.74 Å². The first kappa shape index (κ1) is 12.3. The Hall–Kier alpha value is -0.790. The maximum Gasteiger partial charge on any atom is 0.309 e. The van der Waals surface area contributed by atoms with Gasteiger partial charge in [0.15, 0.2) is 0 Å². The van der Waals surface area contributed by atoms with E-state index >= 15 is 0 Å². The van der Waals surface area contributed by atoms with Crippen LogP contribution in [0.25, 0.3) is 0 Å². The summed E-state index contributed by atoms with van der Waals surface area (Å²) in [5.41, 5.74) is 0. The van der Waals surface area contributed by atoms with Crippen LogP contribution in [0.1, 0.15) is 39.5 Å². The summed E-state index contributed by atoms with van der Waals surface area (Å²) in [5.74, 6) is 3.28. The molecule has 2 fully saturated rings. The lowest BCUT2D eigenvalue weighted by Gasteiger charge is -2.45. The molecule has 0 bridgehead atoms. The lowest BCUT2D eigenvalue weighted by molar-refractivity contribution is -0.152. The fourth-order valence-corrected chi connectivity index (χ4v) is 4.57. The van der Waals surface area contributed by atoms with Crippen molar-refractivity contribution >= 4 is 5.97 Å². The van der Waals surface area contributed by atoms with E-state index in [2.05, 4.69) is 26.0 Å². The van der Waals surface area contributed by atoms with E-state index in [1.54, 1.807) is 0 Å². The summed E-state index contributed by atoms with van der Waals surface area (Å²) in [7, 11) is 0. The fraction of sp³-hybridized carbons (Fsp3) is 0.812. The largest absolute Gasteiger partial charge is 0.465 e. The Morgan fingerprint density at radius 1 is 1.22 bits per heavy atom. The van der Waals surface area contributed by atoms with Crippen molar-refractivity contribution in [3.63, 3.8) is 0 Å². The van der Waals surface area contributed by atoms with Gasteiger partial charge in [0.25, 0.3) is 0 Å². The molecule has 0 amide bonds. The molecule has 2 heteroatoms. The van der Waals surface area contributed by atoms with Crippen molar-refractivity contribution in [2.45, 2.75) is 39.5 Å². The van der Waals surface area contributed by atoms with E-state index in [1.165, 1.54) is 12.8 Å². The maximum atomic E-state index is 12.3. The van der Waals surface area contributed by atoms with Crippen molar-refractivity contribution in [3.8, 4) is 0 Å². The SMILES string of the molecule is C[C@H]1C[C@H]2[C@@H](C=C[C@@H]3CCCOC(=O)[C@H]23)[C@H](C)C1. The van der Waals surface area contributed by atoms with Gasteiger partial charge in [-0.25, -0.2) is 0 Å². The smallest absolute Gasteiger partial charge is 0.309 e. The molecule has 1 saturated carbocycles. The quantitative estimate of drug-likeness (QED) is 0.485. The zero-order chi connectivity index (χ0) is 12.7. The summed E-state index contributed by atoms with van der Waals surface area (Å²) < 4.78 is 5.42. The van der Waals surface area contributed by atoms with E-state index < -0.39 is 0 Å². The van der Waals surface area contributed by atoms with Crippen LogP contribution in [0, 0.1) is 35.5 Å². The van der Waals surface area contributed by atoms with Gasteiger partial charge in [0.2, 0.25) is 0 Å². The van der Waals surface area contributed by atoms with E-state index in [9.17, 15) is 4.79 Å². The van der Waals surface area contributed by atoms with Gasteiger partial charge in [-0.2, -0.15) is 0 Å². The van der Waals surface area contributed by atoms with Crippen LogP contribution in [0.2, 0.25) is 0 Å². The Morgan fingerprint density at radius 2 is 2.06 bits per heavy atom. The van der Waals surface area contributed by atoms with E-state index in [0.717, 1.165) is 18.8 Å². The molecule has 1 aliphatic heterocycles. The first-order valence-electron chi connectivity index (χ1n) is 7.51. The molecule has 0 radical (unpaired) electrons. The van der Waals surface area contributed by atoms with Crippen molar-refractivity contribution in [3.05, 3.63) is 12.2 Å². The second-order valence-electron chi connectivity index (χ2n) is 6.68. The second kappa shape index (κ2) is 4.71. The molecule has 0 aromatic rings. The highest BCUT2D eigenvalue weighted by Crippen LogP contribution is 2.49.